The molecule has 1 aliphatic heterocycles. The van der Waals surface area contributed by atoms with Gasteiger partial charge in [-0.2, -0.15) is 0 Å². The second kappa shape index (κ2) is 7.01. The van der Waals surface area contributed by atoms with Crippen molar-refractivity contribution in [2.75, 3.05) is 19.8 Å². The summed E-state index contributed by atoms with van der Waals surface area (Å²) in [6.45, 7) is 0.899. The first-order chi connectivity index (χ1) is 12.8. The Hall–Kier alpha value is -3.12. The molecular formula is C20H19N3O3. The fourth-order valence-corrected chi connectivity index (χ4v) is 3.16. The second-order valence-electron chi connectivity index (χ2n) is 6.07. The van der Waals surface area contributed by atoms with Crippen molar-refractivity contribution < 1.29 is 14.6 Å². The smallest absolute Gasteiger partial charge is 0.251 e. The molecule has 26 heavy (non-hydrogen) atoms. The number of hydrogen-bond donors (Lipinski definition) is 2. The van der Waals surface area contributed by atoms with E-state index in [-0.39, 0.29) is 19.1 Å². The van der Waals surface area contributed by atoms with Crippen LogP contribution in [0.3, 0.4) is 0 Å². The van der Waals surface area contributed by atoms with Crippen LogP contribution in [-0.2, 0) is 6.42 Å². The number of amides is 1. The van der Waals surface area contributed by atoms with E-state index in [4.69, 9.17) is 9.84 Å². The summed E-state index contributed by atoms with van der Waals surface area (Å²) >= 11 is 0. The van der Waals surface area contributed by atoms with Gasteiger partial charge in [0.1, 0.15) is 18.2 Å². The Morgan fingerprint density at radius 2 is 2.15 bits per heavy atom. The predicted octanol–water partition coefficient (Wildman–Crippen LogP) is 2.20. The van der Waals surface area contributed by atoms with Crippen LogP contribution in [0.4, 0.5) is 0 Å². The van der Waals surface area contributed by atoms with Gasteiger partial charge in [-0.3, -0.25) is 9.36 Å². The van der Waals surface area contributed by atoms with Crippen LogP contribution in [0.15, 0.2) is 54.9 Å². The fraction of sp³-hybridized carbons (Fsp3) is 0.200. The zero-order valence-corrected chi connectivity index (χ0v) is 14.2. The number of rotatable bonds is 5. The number of benzene rings is 2. The van der Waals surface area contributed by atoms with Gasteiger partial charge < -0.3 is 15.2 Å². The molecule has 0 atom stereocenters. The quantitative estimate of drug-likeness (QED) is 0.740. The molecule has 1 aromatic heterocycles. The highest BCUT2D eigenvalue weighted by atomic mass is 16.5. The molecule has 0 radical (unpaired) electrons. The predicted molar refractivity (Wildman–Crippen MR) is 97.6 cm³/mol. The number of imidazole rings is 1. The lowest BCUT2D eigenvalue weighted by Crippen LogP contribution is -2.31. The summed E-state index contributed by atoms with van der Waals surface area (Å²) in [6, 6.07) is 13.5. The second-order valence-corrected chi connectivity index (χ2v) is 6.07. The summed E-state index contributed by atoms with van der Waals surface area (Å²) in [5.74, 6) is 1.40. The van der Waals surface area contributed by atoms with Crippen LogP contribution in [0.25, 0.3) is 17.1 Å². The van der Waals surface area contributed by atoms with Crippen LogP contribution in [0.2, 0.25) is 0 Å². The Balaban J connectivity index is 1.72. The lowest BCUT2D eigenvalue weighted by atomic mass is 9.99. The Kier molecular flexibility index (Phi) is 4.41. The minimum absolute atomic E-state index is 0.0317. The normalized spacial score (nSPS) is 13.2. The monoisotopic (exact) mass is 349 g/mol. The van der Waals surface area contributed by atoms with Crippen molar-refractivity contribution in [3.05, 3.63) is 66.0 Å². The van der Waals surface area contributed by atoms with Gasteiger partial charge in [-0.25, -0.2) is 4.98 Å². The number of carbonyl (C=O) groups is 1. The van der Waals surface area contributed by atoms with E-state index >= 15 is 0 Å². The van der Waals surface area contributed by atoms with Gasteiger partial charge in [0.05, 0.1) is 6.61 Å². The number of aliphatic hydroxyl groups excluding tert-OH is 1. The fourth-order valence-electron chi connectivity index (χ4n) is 3.16. The number of aliphatic hydroxyl groups is 1. The average Bonchev–Trinajstić information content (AvgIpc) is 3.17. The summed E-state index contributed by atoms with van der Waals surface area (Å²) in [5.41, 5.74) is 3.56. The third-order valence-corrected chi connectivity index (χ3v) is 4.39. The standard InChI is InChI=1S/C20H19N3O3/c24-10-11-26-17-3-1-2-15(12-17)19-21-8-9-23(19)16-5-4-14-6-7-22-20(25)18(14)13-16/h1-5,8-9,12-13,24H,6-7,10-11H2,(H,22,25). The molecule has 0 saturated heterocycles. The Morgan fingerprint density at radius 3 is 3.04 bits per heavy atom. The summed E-state index contributed by atoms with van der Waals surface area (Å²) in [5, 5.41) is 11.8. The first-order valence-corrected chi connectivity index (χ1v) is 8.55. The molecule has 2 N–H and O–H groups in total. The van der Waals surface area contributed by atoms with Gasteiger partial charge in [0.15, 0.2) is 0 Å². The highest BCUT2D eigenvalue weighted by molar-refractivity contribution is 5.97. The van der Waals surface area contributed by atoms with Crippen molar-refractivity contribution in [3.8, 4) is 22.8 Å². The molecule has 2 aromatic carbocycles. The van der Waals surface area contributed by atoms with E-state index in [9.17, 15) is 4.79 Å². The van der Waals surface area contributed by atoms with Crippen molar-refractivity contribution in [1.29, 1.82) is 0 Å². The summed E-state index contributed by atoms with van der Waals surface area (Å²) in [7, 11) is 0. The van der Waals surface area contributed by atoms with Crippen LogP contribution in [0.1, 0.15) is 15.9 Å². The zero-order chi connectivity index (χ0) is 17.9. The molecule has 0 bridgehead atoms. The molecule has 0 unspecified atom stereocenters. The third-order valence-electron chi connectivity index (χ3n) is 4.39. The molecule has 4 rings (SSSR count). The molecule has 1 amide bonds. The molecule has 1 aliphatic rings. The first kappa shape index (κ1) is 16.4. The maximum Gasteiger partial charge on any atom is 0.251 e. The minimum atomic E-state index is -0.0332. The van der Waals surface area contributed by atoms with Crippen LogP contribution < -0.4 is 10.1 Å². The third kappa shape index (κ3) is 3.07. The van der Waals surface area contributed by atoms with E-state index in [0.717, 1.165) is 29.1 Å². The molecule has 6 nitrogen and oxygen atoms in total. The highest BCUT2D eigenvalue weighted by Crippen LogP contribution is 2.26. The van der Waals surface area contributed by atoms with E-state index < -0.39 is 0 Å². The maximum absolute atomic E-state index is 12.1. The highest BCUT2D eigenvalue weighted by Gasteiger charge is 2.18. The van der Waals surface area contributed by atoms with E-state index in [1.54, 1.807) is 6.20 Å². The number of carbonyl (C=O) groups excluding carboxylic acids is 1. The lowest BCUT2D eigenvalue weighted by Gasteiger charge is -2.18. The number of nitrogens with one attached hydrogen (secondary N) is 1. The summed E-state index contributed by atoms with van der Waals surface area (Å²) in [4.78, 5) is 16.6. The summed E-state index contributed by atoms with van der Waals surface area (Å²) in [6.07, 6.45) is 4.46. The number of hydrogen-bond acceptors (Lipinski definition) is 4. The molecule has 6 heteroatoms. The summed E-state index contributed by atoms with van der Waals surface area (Å²) < 4.78 is 7.44. The van der Waals surface area contributed by atoms with Gasteiger partial charge in [-0.1, -0.05) is 18.2 Å². The molecule has 132 valence electrons. The van der Waals surface area contributed by atoms with Crippen molar-refractivity contribution >= 4 is 5.91 Å². The van der Waals surface area contributed by atoms with Gasteiger partial charge in [0.25, 0.3) is 5.91 Å². The van der Waals surface area contributed by atoms with Crippen molar-refractivity contribution in [2.24, 2.45) is 0 Å². The van der Waals surface area contributed by atoms with Crippen molar-refractivity contribution in [1.82, 2.24) is 14.9 Å². The lowest BCUT2D eigenvalue weighted by molar-refractivity contribution is 0.0946. The molecular weight excluding hydrogens is 330 g/mol. The van der Waals surface area contributed by atoms with Crippen LogP contribution in [0, 0.1) is 0 Å². The molecule has 0 saturated carbocycles. The molecule has 0 aliphatic carbocycles. The van der Waals surface area contributed by atoms with Gasteiger partial charge in [0, 0.05) is 35.8 Å². The Morgan fingerprint density at radius 1 is 1.23 bits per heavy atom. The number of fused-ring (bicyclic) bond motifs is 1. The Labute approximate surface area is 151 Å². The number of aromatic nitrogens is 2. The van der Waals surface area contributed by atoms with Crippen LogP contribution >= 0.6 is 0 Å². The Bertz CT molecular complexity index is 949. The van der Waals surface area contributed by atoms with Gasteiger partial charge in [-0.05, 0) is 36.2 Å². The van der Waals surface area contributed by atoms with E-state index in [1.807, 2.05) is 53.2 Å². The molecule has 3 aromatic rings. The van der Waals surface area contributed by atoms with E-state index in [1.165, 1.54) is 0 Å². The largest absolute Gasteiger partial charge is 0.491 e. The topological polar surface area (TPSA) is 76.4 Å². The van der Waals surface area contributed by atoms with Crippen molar-refractivity contribution in [2.45, 2.75) is 6.42 Å². The zero-order valence-electron chi connectivity index (χ0n) is 14.2. The van der Waals surface area contributed by atoms with Gasteiger partial charge >= 0.3 is 0 Å². The maximum atomic E-state index is 12.1. The molecule has 0 fully saturated rings. The average molecular weight is 349 g/mol. The minimum Gasteiger partial charge on any atom is -0.491 e. The van der Waals surface area contributed by atoms with Gasteiger partial charge in [-0.15, -0.1) is 0 Å². The molecule has 0 spiro atoms. The van der Waals surface area contributed by atoms with Crippen LogP contribution in [0.5, 0.6) is 5.75 Å². The first-order valence-electron chi connectivity index (χ1n) is 8.55. The van der Waals surface area contributed by atoms with E-state index in [0.29, 0.717) is 17.9 Å². The van der Waals surface area contributed by atoms with E-state index in [2.05, 4.69) is 10.3 Å². The van der Waals surface area contributed by atoms with Crippen molar-refractivity contribution in [3.63, 3.8) is 0 Å². The number of ether oxygens (including phenoxy) is 1. The number of nitrogens with zero attached hydrogens (tertiary/aromatic N) is 2. The van der Waals surface area contributed by atoms with Crippen LogP contribution in [-0.4, -0.2) is 40.3 Å². The molecule has 2 heterocycles. The van der Waals surface area contributed by atoms with Gasteiger partial charge in [0.2, 0.25) is 0 Å². The SMILES string of the molecule is O=C1NCCc2ccc(-n3ccnc3-c3cccc(OCCO)c3)cc21.